The maximum absolute atomic E-state index is 16.5. The summed E-state index contributed by atoms with van der Waals surface area (Å²) in [5, 5.41) is 0. The molecule has 0 fully saturated rings. The SMILES string of the molecule is CC(C)c1cccc(C(C)C)c1N1C(=O)c2c(N3c4ccccc4C(c4ccccc4)(c4ccccc4)c4ccccc43)ccc(N3c4ccccc4C(c4ccccc4)(c4ccccc4)c4ccccc43)c2C1=O. The van der Waals surface area contributed by atoms with Crippen molar-refractivity contribution in [2.75, 3.05) is 14.7 Å². The second kappa shape index (κ2) is 17.9. The van der Waals surface area contributed by atoms with E-state index in [2.05, 4.69) is 286 Å². The molecule has 3 aliphatic heterocycles. The van der Waals surface area contributed by atoms with E-state index < -0.39 is 10.8 Å². The van der Waals surface area contributed by atoms with Gasteiger partial charge >= 0.3 is 0 Å². The number of rotatable bonds is 9. The number of carbonyl (C=O) groups excluding carboxylic acids is 2. The van der Waals surface area contributed by atoms with Gasteiger partial charge in [-0.2, -0.15) is 0 Å². The van der Waals surface area contributed by atoms with E-state index in [0.29, 0.717) is 28.2 Å². The molecule has 0 spiro atoms. The summed E-state index contributed by atoms with van der Waals surface area (Å²) >= 11 is 0. The summed E-state index contributed by atoms with van der Waals surface area (Å²) in [6.07, 6.45) is 0. The Balaban J connectivity index is 1.12. The van der Waals surface area contributed by atoms with Crippen molar-refractivity contribution in [3.63, 3.8) is 0 Å². The standard InChI is InChI=1S/C70H55N3O2/c1-46(2)52-34-25-35-53(47(3)4)66(52)73-67(74)64-62(71-58-40-21-17-36-54(58)69(48-26-9-5-10-27-48,49-28-11-6-12-29-49)55-37-18-22-41-59(55)71)44-45-63(65(64)68(73)75)72-60-42-23-19-38-56(60)70(50-30-13-7-14-31-50,51-32-15-8-16-33-51)57-39-20-24-43-61(57)72/h5-47H,1-4H3. The highest BCUT2D eigenvalue weighted by atomic mass is 16.2. The molecule has 0 radical (unpaired) electrons. The molecule has 5 heteroatoms. The molecule has 5 nitrogen and oxygen atoms in total. The summed E-state index contributed by atoms with van der Waals surface area (Å²) in [4.78, 5) is 39.0. The number of imide groups is 1. The number of fused-ring (bicyclic) bond motifs is 5. The van der Waals surface area contributed by atoms with Gasteiger partial charge in [-0.05, 0) is 104 Å². The predicted octanol–water partition coefficient (Wildman–Crippen LogP) is 17.1. The van der Waals surface area contributed by atoms with Gasteiger partial charge in [-0.25, -0.2) is 4.90 Å². The third-order valence-electron chi connectivity index (χ3n) is 16.1. The largest absolute Gasteiger partial charge is 0.309 e. The van der Waals surface area contributed by atoms with Crippen molar-refractivity contribution < 1.29 is 9.59 Å². The molecule has 0 N–H and O–H groups in total. The fourth-order valence-electron chi connectivity index (χ4n) is 13.0. The second-order valence-corrected chi connectivity index (χ2v) is 20.6. The first kappa shape index (κ1) is 45.8. The molecular formula is C70H55N3O2. The van der Waals surface area contributed by atoms with Gasteiger partial charge < -0.3 is 9.80 Å². The summed E-state index contributed by atoms with van der Waals surface area (Å²) in [6, 6.07) is 87.7. The van der Waals surface area contributed by atoms with Crippen LogP contribution in [-0.4, -0.2) is 11.8 Å². The summed E-state index contributed by atoms with van der Waals surface area (Å²) in [5.74, 6) is -0.642. The highest BCUT2D eigenvalue weighted by molar-refractivity contribution is 6.38. The number of para-hydroxylation sites is 5. The van der Waals surface area contributed by atoms with Gasteiger partial charge in [-0.1, -0.05) is 240 Å². The van der Waals surface area contributed by atoms with Gasteiger partial charge in [0.15, 0.2) is 0 Å². The van der Waals surface area contributed by atoms with E-state index >= 15 is 9.59 Å². The zero-order chi connectivity index (χ0) is 51.0. The van der Waals surface area contributed by atoms with Gasteiger partial charge in [-0.15, -0.1) is 0 Å². The molecule has 3 aliphatic rings. The Morgan fingerprint density at radius 1 is 0.280 bits per heavy atom. The summed E-state index contributed by atoms with van der Waals surface area (Å²) in [5.41, 5.74) is 15.6. The van der Waals surface area contributed by atoms with Gasteiger partial charge in [0.25, 0.3) is 11.8 Å². The van der Waals surface area contributed by atoms with Crippen LogP contribution in [0.15, 0.2) is 249 Å². The van der Waals surface area contributed by atoms with Gasteiger partial charge in [0.2, 0.25) is 0 Å². The molecule has 362 valence electrons. The Morgan fingerprint density at radius 2 is 0.547 bits per heavy atom. The Hall–Kier alpha value is -9.06. The van der Waals surface area contributed by atoms with Crippen LogP contribution in [0.3, 0.4) is 0 Å². The molecule has 0 saturated heterocycles. The second-order valence-electron chi connectivity index (χ2n) is 20.6. The Labute approximate surface area is 439 Å². The minimum absolute atomic E-state index is 0.0249. The number of carbonyl (C=O) groups is 2. The Bertz CT molecular complexity index is 3420. The average Bonchev–Trinajstić information content (AvgIpc) is 3.73. The van der Waals surface area contributed by atoms with Crippen molar-refractivity contribution in [3.8, 4) is 0 Å². The van der Waals surface area contributed by atoms with Crippen molar-refractivity contribution in [1.82, 2.24) is 0 Å². The van der Waals surface area contributed by atoms with E-state index in [9.17, 15) is 0 Å². The number of amides is 2. The van der Waals surface area contributed by atoms with Gasteiger partial charge in [-0.3, -0.25) is 9.59 Å². The normalized spacial score (nSPS) is 14.8. The number of hydrogen-bond donors (Lipinski definition) is 0. The highest BCUT2D eigenvalue weighted by Gasteiger charge is 2.52. The summed E-state index contributed by atoms with van der Waals surface area (Å²) in [7, 11) is 0. The van der Waals surface area contributed by atoms with E-state index in [0.717, 1.165) is 78.4 Å². The zero-order valence-electron chi connectivity index (χ0n) is 42.5. The quantitative estimate of drug-likeness (QED) is 0.135. The first-order chi connectivity index (χ1) is 36.8. The fraction of sp³-hybridized carbons (Fsp3) is 0.114. The molecule has 0 bridgehead atoms. The number of hydrogen-bond acceptors (Lipinski definition) is 4. The van der Waals surface area contributed by atoms with E-state index in [-0.39, 0.29) is 23.7 Å². The van der Waals surface area contributed by atoms with E-state index in [1.54, 1.807) is 0 Å². The van der Waals surface area contributed by atoms with Crippen LogP contribution in [-0.2, 0) is 10.8 Å². The minimum Gasteiger partial charge on any atom is -0.309 e. The summed E-state index contributed by atoms with van der Waals surface area (Å²) < 4.78 is 0. The molecule has 10 aromatic rings. The van der Waals surface area contributed by atoms with Crippen LogP contribution in [0.2, 0.25) is 0 Å². The van der Waals surface area contributed by atoms with E-state index in [1.807, 2.05) is 0 Å². The zero-order valence-corrected chi connectivity index (χ0v) is 42.5. The van der Waals surface area contributed by atoms with Crippen molar-refractivity contribution in [2.45, 2.75) is 50.4 Å². The average molecular weight is 970 g/mol. The van der Waals surface area contributed by atoms with Crippen LogP contribution < -0.4 is 14.7 Å². The molecule has 75 heavy (non-hydrogen) atoms. The first-order valence-electron chi connectivity index (χ1n) is 26.2. The molecule has 2 amide bonds. The minimum atomic E-state index is -0.727. The predicted molar refractivity (Wildman–Crippen MR) is 305 cm³/mol. The monoisotopic (exact) mass is 969 g/mol. The molecule has 10 aromatic carbocycles. The Morgan fingerprint density at radius 3 is 0.827 bits per heavy atom. The van der Waals surface area contributed by atoms with Gasteiger partial charge in [0.1, 0.15) is 0 Å². The van der Waals surface area contributed by atoms with Crippen molar-refractivity contribution in [2.24, 2.45) is 0 Å². The molecule has 0 saturated carbocycles. The Kier molecular flexibility index (Phi) is 10.9. The lowest BCUT2D eigenvalue weighted by molar-refractivity contribution is 0.0926. The van der Waals surface area contributed by atoms with Gasteiger partial charge in [0.05, 0.1) is 61.8 Å². The molecule has 0 atom stereocenters. The number of nitrogens with zero attached hydrogens (tertiary/aromatic N) is 3. The van der Waals surface area contributed by atoms with Crippen LogP contribution in [0.4, 0.5) is 39.8 Å². The third kappa shape index (κ3) is 6.57. The fourth-order valence-corrected chi connectivity index (χ4v) is 13.0. The topological polar surface area (TPSA) is 43.9 Å². The van der Waals surface area contributed by atoms with Crippen LogP contribution >= 0.6 is 0 Å². The van der Waals surface area contributed by atoms with E-state index in [4.69, 9.17) is 0 Å². The lowest BCUT2D eigenvalue weighted by atomic mass is 9.62. The van der Waals surface area contributed by atoms with E-state index in [1.165, 1.54) is 4.90 Å². The van der Waals surface area contributed by atoms with Crippen molar-refractivity contribution >= 4 is 51.6 Å². The molecule has 0 unspecified atom stereocenters. The number of benzene rings is 10. The molecule has 13 rings (SSSR count). The van der Waals surface area contributed by atoms with Crippen LogP contribution in [0.1, 0.15) is 116 Å². The maximum Gasteiger partial charge on any atom is 0.268 e. The highest BCUT2D eigenvalue weighted by Crippen LogP contribution is 2.62. The van der Waals surface area contributed by atoms with Crippen LogP contribution in [0, 0.1) is 0 Å². The van der Waals surface area contributed by atoms with Gasteiger partial charge in [0, 0.05) is 0 Å². The van der Waals surface area contributed by atoms with Crippen LogP contribution in [0.5, 0.6) is 0 Å². The molecule has 0 aromatic heterocycles. The van der Waals surface area contributed by atoms with Crippen LogP contribution in [0.25, 0.3) is 0 Å². The maximum atomic E-state index is 16.5. The molecular weight excluding hydrogens is 915 g/mol. The third-order valence-corrected chi connectivity index (χ3v) is 16.1. The molecule has 0 aliphatic carbocycles. The number of anilines is 7. The van der Waals surface area contributed by atoms with Crippen molar-refractivity contribution in [3.05, 3.63) is 315 Å². The lowest BCUT2D eigenvalue weighted by Crippen LogP contribution is -2.38. The lowest BCUT2D eigenvalue weighted by Gasteiger charge is -2.47. The molecule has 3 heterocycles. The summed E-state index contributed by atoms with van der Waals surface area (Å²) in [6.45, 7) is 8.55. The van der Waals surface area contributed by atoms with Crippen molar-refractivity contribution in [1.29, 1.82) is 0 Å². The first-order valence-corrected chi connectivity index (χ1v) is 26.2. The smallest absolute Gasteiger partial charge is 0.268 e.